The fourth-order valence-corrected chi connectivity index (χ4v) is 3.45. The maximum absolute atomic E-state index is 12.7. The maximum Gasteiger partial charge on any atom is 0.227 e. The number of anilines is 1. The first-order valence-electron chi connectivity index (χ1n) is 7.88. The van der Waals surface area contributed by atoms with Crippen molar-refractivity contribution in [3.8, 4) is 5.75 Å². The largest absolute Gasteiger partial charge is 0.497 e. The zero-order valence-electron chi connectivity index (χ0n) is 12.9. The van der Waals surface area contributed by atoms with Crippen LogP contribution in [-0.2, 0) is 4.79 Å². The van der Waals surface area contributed by atoms with Gasteiger partial charge in [0.2, 0.25) is 5.91 Å². The summed E-state index contributed by atoms with van der Waals surface area (Å²) in [5.41, 5.74) is 2.30. The summed E-state index contributed by atoms with van der Waals surface area (Å²) in [5, 5.41) is 3.35. The third kappa shape index (κ3) is 2.91. The first-order chi connectivity index (χ1) is 10.2. The van der Waals surface area contributed by atoms with Gasteiger partial charge in [-0.15, -0.1) is 0 Å². The number of carbonyl (C=O) groups is 1. The molecule has 0 bridgehead atoms. The standard InChI is InChI=1S/C17H24N2O2/c1-12-11-19(16-10-14(21-2)3-4-15(12)16)17(20)9-13-5-7-18-8-6-13/h3-4,10,12-13,18H,5-9,11H2,1-2H3. The SMILES string of the molecule is COc1ccc2c(c1)N(C(=O)CC1CCNCC1)CC2C. The summed E-state index contributed by atoms with van der Waals surface area (Å²) in [5.74, 6) is 2.02. The predicted molar refractivity (Wildman–Crippen MR) is 84.0 cm³/mol. The van der Waals surface area contributed by atoms with Crippen molar-refractivity contribution in [2.75, 3.05) is 31.6 Å². The molecule has 0 spiro atoms. The lowest BCUT2D eigenvalue weighted by Crippen LogP contribution is -2.34. The molecule has 1 amide bonds. The Morgan fingerprint density at radius 3 is 2.86 bits per heavy atom. The summed E-state index contributed by atoms with van der Waals surface area (Å²) in [6.07, 6.45) is 2.89. The molecule has 1 atom stereocenters. The van der Waals surface area contributed by atoms with E-state index in [9.17, 15) is 4.79 Å². The number of fused-ring (bicyclic) bond motifs is 1. The van der Waals surface area contributed by atoms with Gasteiger partial charge in [-0.2, -0.15) is 0 Å². The van der Waals surface area contributed by atoms with Gasteiger partial charge in [0, 0.05) is 24.9 Å². The van der Waals surface area contributed by atoms with E-state index < -0.39 is 0 Å². The van der Waals surface area contributed by atoms with Crippen LogP contribution in [0.3, 0.4) is 0 Å². The van der Waals surface area contributed by atoms with Crippen LogP contribution in [0.25, 0.3) is 0 Å². The Morgan fingerprint density at radius 2 is 2.14 bits per heavy atom. The van der Waals surface area contributed by atoms with Gasteiger partial charge in [0.05, 0.1) is 12.8 Å². The number of rotatable bonds is 3. The number of nitrogens with one attached hydrogen (secondary N) is 1. The number of piperidine rings is 1. The van der Waals surface area contributed by atoms with Crippen LogP contribution in [0, 0.1) is 5.92 Å². The molecule has 21 heavy (non-hydrogen) atoms. The van der Waals surface area contributed by atoms with Gasteiger partial charge in [-0.1, -0.05) is 13.0 Å². The van der Waals surface area contributed by atoms with Crippen molar-refractivity contribution in [1.82, 2.24) is 5.32 Å². The van der Waals surface area contributed by atoms with E-state index in [4.69, 9.17) is 4.74 Å². The van der Waals surface area contributed by atoms with E-state index in [1.807, 2.05) is 17.0 Å². The lowest BCUT2D eigenvalue weighted by Gasteiger charge is -2.25. The van der Waals surface area contributed by atoms with Crippen molar-refractivity contribution >= 4 is 11.6 Å². The molecule has 0 saturated carbocycles. The number of amides is 1. The molecule has 3 rings (SSSR count). The Balaban J connectivity index is 1.76. The van der Waals surface area contributed by atoms with Gasteiger partial charge >= 0.3 is 0 Å². The number of nitrogens with zero attached hydrogens (tertiary/aromatic N) is 1. The third-order valence-electron chi connectivity index (χ3n) is 4.74. The zero-order chi connectivity index (χ0) is 14.8. The Kier molecular flexibility index (Phi) is 4.15. The van der Waals surface area contributed by atoms with Crippen LogP contribution < -0.4 is 15.0 Å². The monoisotopic (exact) mass is 288 g/mol. The van der Waals surface area contributed by atoms with Gasteiger partial charge in [-0.25, -0.2) is 0 Å². The van der Waals surface area contributed by atoms with Gasteiger partial charge in [0.1, 0.15) is 5.75 Å². The molecule has 0 aromatic heterocycles. The molecule has 2 heterocycles. The molecular formula is C17H24N2O2. The second-order valence-electron chi connectivity index (χ2n) is 6.23. The quantitative estimate of drug-likeness (QED) is 0.929. The summed E-state index contributed by atoms with van der Waals surface area (Å²) in [6.45, 7) is 5.06. The molecular weight excluding hydrogens is 264 g/mol. The highest BCUT2D eigenvalue weighted by atomic mass is 16.5. The lowest BCUT2D eigenvalue weighted by atomic mass is 9.94. The molecule has 0 aliphatic carbocycles. The molecule has 1 aromatic carbocycles. The highest BCUT2D eigenvalue weighted by Crippen LogP contribution is 2.39. The van der Waals surface area contributed by atoms with Crippen molar-refractivity contribution in [2.24, 2.45) is 5.92 Å². The molecule has 4 nitrogen and oxygen atoms in total. The van der Waals surface area contributed by atoms with Gasteiger partial charge < -0.3 is 15.0 Å². The van der Waals surface area contributed by atoms with Gasteiger partial charge in [0.25, 0.3) is 0 Å². The molecule has 2 aliphatic rings. The average Bonchev–Trinajstić information content (AvgIpc) is 2.85. The van der Waals surface area contributed by atoms with E-state index in [0.29, 0.717) is 18.3 Å². The summed E-state index contributed by atoms with van der Waals surface area (Å²) in [4.78, 5) is 14.6. The van der Waals surface area contributed by atoms with Gasteiger partial charge in [0.15, 0.2) is 0 Å². The number of carbonyl (C=O) groups excluding carboxylic acids is 1. The molecule has 1 unspecified atom stereocenters. The first kappa shape index (κ1) is 14.4. The normalized spacial score (nSPS) is 22.2. The predicted octanol–water partition coefficient (Wildman–Crippen LogP) is 2.54. The molecule has 1 aromatic rings. The second-order valence-corrected chi connectivity index (χ2v) is 6.23. The van der Waals surface area contributed by atoms with E-state index in [1.165, 1.54) is 5.56 Å². The van der Waals surface area contributed by atoms with E-state index in [2.05, 4.69) is 18.3 Å². The number of methoxy groups -OCH3 is 1. The highest BCUT2D eigenvalue weighted by molar-refractivity contribution is 5.96. The van der Waals surface area contributed by atoms with Crippen molar-refractivity contribution in [3.05, 3.63) is 23.8 Å². The van der Waals surface area contributed by atoms with Crippen LogP contribution in [0.4, 0.5) is 5.69 Å². The topological polar surface area (TPSA) is 41.6 Å². The number of hydrogen-bond acceptors (Lipinski definition) is 3. The molecule has 1 fully saturated rings. The average molecular weight is 288 g/mol. The van der Waals surface area contributed by atoms with Crippen molar-refractivity contribution in [1.29, 1.82) is 0 Å². The van der Waals surface area contributed by atoms with Crippen LogP contribution >= 0.6 is 0 Å². The van der Waals surface area contributed by atoms with Crippen LogP contribution in [0.15, 0.2) is 18.2 Å². The summed E-state index contributed by atoms with van der Waals surface area (Å²) in [7, 11) is 1.67. The Bertz CT molecular complexity index is 524. The minimum Gasteiger partial charge on any atom is -0.497 e. The second kappa shape index (κ2) is 6.06. The molecule has 114 valence electrons. The summed E-state index contributed by atoms with van der Waals surface area (Å²) in [6, 6.07) is 6.08. The lowest BCUT2D eigenvalue weighted by molar-refractivity contribution is -0.119. The smallest absolute Gasteiger partial charge is 0.227 e. The van der Waals surface area contributed by atoms with Crippen molar-refractivity contribution in [3.63, 3.8) is 0 Å². The van der Waals surface area contributed by atoms with Gasteiger partial charge in [-0.3, -0.25) is 4.79 Å². The molecule has 1 N–H and O–H groups in total. The van der Waals surface area contributed by atoms with Gasteiger partial charge in [-0.05, 0) is 43.5 Å². The Labute approximate surface area is 126 Å². The summed E-state index contributed by atoms with van der Waals surface area (Å²) < 4.78 is 5.31. The minimum absolute atomic E-state index is 0.265. The summed E-state index contributed by atoms with van der Waals surface area (Å²) >= 11 is 0. The molecule has 1 saturated heterocycles. The maximum atomic E-state index is 12.7. The van der Waals surface area contributed by atoms with E-state index in [1.54, 1.807) is 7.11 Å². The number of benzene rings is 1. The van der Waals surface area contributed by atoms with Crippen molar-refractivity contribution < 1.29 is 9.53 Å². The van der Waals surface area contributed by atoms with E-state index in [0.717, 1.165) is 43.9 Å². The van der Waals surface area contributed by atoms with Crippen LogP contribution in [0.1, 0.15) is 37.7 Å². The van der Waals surface area contributed by atoms with E-state index in [-0.39, 0.29) is 5.91 Å². The third-order valence-corrected chi connectivity index (χ3v) is 4.74. The van der Waals surface area contributed by atoms with Crippen LogP contribution in [-0.4, -0.2) is 32.7 Å². The Hall–Kier alpha value is -1.55. The van der Waals surface area contributed by atoms with Crippen molar-refractivity contribution in [2.45, 2.75) is 32.1 Å². The van der Waals surface area contributed by atoms with Crippen LogP contribution in [0.5, 0.6) is 5.75 Å². The van der Waals surface area contributed by atoms with E-state index >= 15 is 0 Å². The fourth-order valence-electron chi connectivity index (χ4n) is 3.45. The zero-order valence-corrected chi connectivity index (χ0v) is 12.9. The minimum atomic E-state index is 0.265. The highest BCUT2D eigenvalue weighted by Gasteiger charge is 2.31. The fraction of sp³-hybridized carbons (Fsp3) is 0.588. The molecule has 4 heteroatoms. The number of ether oxygens (including phenoxy) is 1. The molecule has 2 aliphatic heterocycles. The van der Waals surface area contributed by atoms with Crippen LogP contribution in [0.2, 0.25) is 0 Å². The number of hydrogen-bond donors (Lipinski definition) is 1. The first-order valence-corrected chi connectivity index (χ1v) is 7.88. The Morgan fingerprint density at radius 1 is 1.38 bits per heavy atom. The molecule has 0 radical (unpaired) electrons.